The van der Waals surface area contributed by atoms with E-state index in [2.05, 4.69) is 21.9 Å². The average Bonchev–Trinajstić information content (AvgIpc) is 2.99. The molecule has 0 radical (unpaired) electrons. The van der Waals surface area contributed by atoms with Gasteiger partial charge < -0.3 is 26.0 Å². The zero-order valence-corrected chi connectivity index (χ0v) is 25.3. The van der Waals surface area contributed by atoms with Crippen LogP contribution in [-0.4, -0.2) is 69.7 Å². The van der Waals surface area contributed by atoms with Crippen molar-refractivity contribution >= 4 is 34.8 Å². The summed E-state index contributed by atoms with van der Waals surface area (Å²) in [6, 6.07) is 0.381. The summed E-state index contributed by atoms with van der Waals surface area (Å²) >= 11 is 6.01. The van der Waals surface area contributed by atoms with Crippen LogP contribution in [0, 0.1) is 29.2 Å². The number of fused-ring (bicyclic) bond motifs is 1. The molecule has 234 valence electrons. The number of pyridine rings is 1. The van der Waals surface area contributed by atoms with Gasteiger partial charge in [0.1, 0.15) is 23.0 Å². The fourth-order valence-corrected chi connectivity index (χ4v) is 6.07. The molecule has 1 fully saturated rings. The molecular formula is C30H32ClF4N7O2. The predicted octanol–water partition coefficient (Wildman–Crippen LogP) is 4.52. The first-order chi connectivity index (χ1) is 20.8. The number of hydrogen-bond donors (Lipinski definition) is 3. The van der Waals surface area contributed by atoms with Crippen LogP contribution in [0.1, 0.15) is 33.3 Å². The average molecular weight is 634 g/mol. The number of nitrogens with zero attached hydrogens (tertiary/aromatic N) is 5. The zero-order valence-electron chi connectivity index (χ0n) is 24.5. The Bertz CT molecular complexity index is 1610. The van der Waals surface area contributed by atoms with Crippen molar-refractivity contribution < 1.29 is 27.5 Å². The van der Waals surface area contributed by atoms with E-state index in [0.29, 0.717) is 18.8 Å². The number of carbonyl (C=O) groups excluding carboxylic acids is 1. The predicted molar refractivity (Wildman–Crippen MR) is 160 cm³/mol. The number of rotatable bonds is 4. The Labute approximate surface area is 257 Å². The summed E-state index contributed by atoms with van der Waals surface area (Å²) in [6.45, 7) is 12.0. The standard InChI is InChI=1S/C30H32ClF4N7O2/c1-6-18(43)40-9-10-41(15(5)12-40)28-16-11-17(32)26(19-20(31)22(34)23(35)24(36)21(19)33)38-29(16)42(30(44)39-28)27-14(4)7-8-37-25(27)13(2)3/h6-8,11,13,15,25,30,37,44H,1,9-10,12,36H2,2-5H3/t15-,25?,30?/m0/s1. The van der Waals surface area contributed by atoms with Gasteiger partial charge in [-0.05, 0) is 49.8 Å². The number of dihydropyridines is 1. The Kier molecular flexibility index (Phi) is 8.38. The van der Waals surface area contributed by atoms with Crippen LogP contribution in [0.2, 0.25) is 5.02 Å². The number of nitrogens with one attached hydrogen (secondary N) is 1. The van der Waals surface area contributed by atoms with Crippen LogP contribution in [0.25, 0.3) is 11.3 Å². The van der Waals surface area contributed by atoms with Crippen molar-refractivity contribution in [2.45, 2.75) is 46.1 Å². The first-order valence-corrected chi connectivity index (χ1v) is 14.3. The number of hydrogen-bond acceptors (Lipinski definition) is 8. The highest BCUT2D eigenvalue weighted by molar-refractivity contribution is 6.33. The highest BCUT2D eigenvalue weighted by Gasteiger charge is 2.41. The highest BCUT2D eigenvalue weighted by atomic mass is 35.5. The SMILES string of the molecule is C=CC(=O)N1CCN(C2=NC(O)N(C3=C(C)C=CNC3C(C)C)c3nc(-c4c(F)c(N)c(F)c(F)c4Cl)c(F)cc32)[C@@H](C)C1. The molecule has 1 aromatic carbocycles. The number of aliphatic imine (C=N–C) groups is 1. The third kappa shape index (κ3) is 5.07. The number of amidine groups is 1. The van der Waals surface area contributed by atoms with Crippen molar-refractivity contribution in [1.29, 1.82) is 0 Å². The number of carbonyl (C=O) groups is 1. The third-order valence-electron chi connectivity index (χ3n) is 8.05. The van der Waals surface area contributed by atoms with E-state index in [9.17, 15) is 18.7 Å². The molecule has 44 heavy (non-hydrogen) atoms. The number of aromatic nitrogens is 1. The molecule has 2 unspecified atom stereocenters. The summed E-state index contributed by atoms with van der Waals surface area (Å²) in [5, 5.41) is 13.8. The lowest BCUT2D eigenvalue weighted by Crippen LogP contribution is -2.57. The number of amides is 1. The normalized spacial score (nSPS) is 21.8. The molecule has 0 spiro atoms. The van der Waals surface area contributed by atoms with Crippen molar-refractivity contribution in [3.63, 3.8) is 0 Å². The van der Waals surface area contributed by atoms with Gasteiger partial charge in [0.05, 0.1) is 22.2 Å². The van der Waals surface area contributed by atoms with E-state index >= 15 is 8.78 Å². The molecule has 4 heterocycles. The maximum Gasteiger partial charge on any atom is 0.246 e. The molecule has 3 aliphatic heterocycles. The summed E-state index contributed by atoms with van der Waals surface area (Å²) in [6.07, 6.45) is 3.21. The molecule has 0 aliphatic carbocycles. The van der Waals surface area contributed by atoms with Gasteiger partial charge in [-0.15, -0.1) is 0 Å². The van der Waals surface area contributed by atoms with Gasteiger partial charge in [0.15, 0.2) is 23.3 Å². The number of aliphatic hydroxyl groups is 1. The number of benzene rings is 1. The summed E-state index contributed by atoms with van der Waals surface area (Å²) in [4.78, 5) is 26.1. The van der Waals surface area contributed by atoms with Gasteiger partial charge in [-0.3, -0.25) is 9.69 Å². The van der Waals surface area contributed by atoms with E-state index in [-0.39, 0.29) is 47.7 Å². The summed E-state index contributed by atoms with van der Waals surface area (Å²) < 4.78 is 60.1. The first-order valence-electron chi connectivity index (χ1n) is 14.0. The molecule has 1 amide bonds. The van der Waals surface area contributed by atoms with Gasteiger partial charge in [0, 0.05) is 31.4 Å². The number of nitrogens with two attached hydrogens (primary N) is 1. The van der Waals surface area contributed by atoms with Crippen molar-refractivity contribution in [2.24, 2.45) is 10.9 Å². The molecule has 2 aromatic rings. The number of nitrogen functional groups attached to an aromatic ring is 1. The van der Waals surface area contributed by atoms with E-state index in [4.69, 9.17) is 17.3 Å². The maximum atomic E-state index is 16.0. The van der Waals surface area contributed by atoms with Crippen LogP contribution >= 0.6 is 11.6 Å². The number of aliphatic hydroxyl groups excluding tert-OH is 1. The Morgan fingerprint density at radius 1 is 1.23 bits per heavy atom. The van der Waals surface area contributed by atoms with E-state index in [1.54, 1.807) is 17.2 Å². The van der Waals surface area contributed by atoms with Gasteiger partial charge in [-0.25, -0.2) is 27.5 Å². The summed E-state index contributed by atoms with van der Waals surface area (Å²) in [7, 11) is 0. The van der Waals surface area contributed by atoms with Gasteiger partial charge in [0.2, 0.25) is 12.3 Å². The molecule has 1 saturated heterocycles. The lowest BCUT2D eigenvalue weighted by Gasteiger charge is -2.45. The number of halogens is 5. The molecule has 9 nitrogen and oxygen atoms in total. The van der Waals surface area contributed by atoms with Crippen LogP contribution in [0.15, 0.2) is 47.3 Å². The number of allylic oxidation sites excluding steroid dienone is 2. The second-order valence-electron chi connectivity index (χ2n) is 11.2. The summed E-state index contributed by atoms with van der Waals surface area (Å²) in [5.74, 6) is -6.02. The van der Waals surface area contributed by atoms with E-state index in [1.807, 2.05) is 32.6 Å². The number of piperazine rings is 1. The minimum absolute atomic E-state index is 0.000719. The minimum Gasteiger partial charge on any atom is -0.394 e. The monoisotopic (exact) mass is 633 g/mol. The topological polar surface area (TPSA) is 110 Å². The van der Waals surface area contributed by atoms with E-state index in [1.165, 1.54) is 11.0 Å². The van der Waals surface area contributed by atoms with Gasteiger partial charge in [0.25, 0.3) is 0 Å². The largest absolute Gasteiger partial charge is 0.394 e. The van der Waals surface area contributed by atoms with Gasteiger partial charge in [-0.2, -0.15) is 0 Å². The highest BCUT2D eigenvalue weighted by Crippen LogP contribution is 2.42. The van der Waals surface area contributed by atoms with Crippen LogP contribution in [-0.2, 0) is 4.79 Å². The molecule has 5 rings (SSSR count). The van der Waals surface area contributed by atoms with Crippen molar-refractivity contribution in [1.82, 2.24) is 20.1 Å². The molecule has 1 aromatic heterocycles. The molecule has 0 saturated carbocycles. The second-order valence-corrected chi connectivity index (χ2v) is 11.6. The van der Waals surface area contributed by atoms with Gasteiger partial charge in [-0.1, -0.05) is 32.0 Å². The molecule has 14 heteroatoms. The molecule has 3 atom stereocenters. The fourth-order valence-electron chi connectivity index (χ4n) is 5.81. The van der Waals surface area contributed by atoms with Crippen molar-refractivity contribution in [3.8, 4) is 11.3 Å². The van der Waals surface area contributed by atoms with Crippen LogP contribution < -0.4 is 16.0 Å². The van der Waals surface area contributed by atoms with Crippen LogP contribution in [0.5, 0.6) is 0 Å². The van der Waals surface area contributed by atoms with E-state index in [0.717, 1.165) is 11.6 Å². The van der Waals surface area contributed by atoms with Crippen molar-refractivity contribution in [3.05, 3.63) is 76.1 Å². The summed E-state index contributed by atoms with van der Waals surface area (Å²) in [5.41, 5.74) is 4.14. The number of anilines is 2. The van der Waals surface area contributed by atoms with Crippen LogP contribution in [0.3, 0.4) is 0 Å². The lowest BCUT2D eigenvalue weighted by molar-refractivity contribution is -0.128. The third-order valence-corrected chi connectivity index (χ3v) is 8.40. The Morgan fingerprint density at radius 3 is 2.57 bits per heavy atom. The second kappa shape index (κ2) is 11.8. The first kappa shape index (κ1) is 31.3. The Balaban J connectivity index is 1.74. The van der Waals surface area contributed by atoms with Crippen molar-refractivity contribution in [2.75, 3.05) is 30.3 Å². The zero-order chi connectivity index (χ0) is 32.2. The smallest absolute Gasteiger partial charge is 0.246 e. The molecule has 4 N–H and O–H groups in total. The fraction of sp³-hybridized carbons (Fsp3) is 0.367. The molecule has 3 aliphatic rings. The molecule has 0 bridgehead atoms. The Hall–Kier alpha value is -4.10. The lowest BCUT2D eigenvalue weighted by atomic mass is 9.93. The van der Waals surface area contributed by atoms with E-state index < -0.39 is 51.6 Å². The molecular weight excluding hydrogens is 602 g/mol. The Morgan fingerprint density at radius 2 is 1.93 bits per heavy atom. The van der Waals surface area contributed by atoms with Gasteiger partial charge >= 0.3 is 0 Å². The maximum absolute atomic E-state index is 16.0. The minimum atomic E-state index is -1.70. The van der Waals surface area contributed by atoms with Crippen LogP contribution in [0.4, 0.5) is 29.1 Å². The quantitative estimate of drug-likeness (QED) is 0.149.